The third kappa shape index (κ3) is 3.55. The first-order chi connectivity index (χ1) is 8.04. The second-order valence-corrected chi connectivity index (χ2v) is 5.89. The molecule has 2 aromatic heterocycles. The molecule has 0 aliphatic carbocycles. The summed E-state index contributed by atoms with van der Waals surface area (Å²) >= 11 is 1.25. The van der Waals surface area contributed by atoms with Crippen LogP contribution in [-0.4, -0.2) is 29.9 Å². The molecule has 0 amide bonds. The molecule has 2 aromatic rings. The van der Waals surface area contributed by atoms with E-state index in [9.17, 15) is 8.42 Å². The van der Waals surface area contributed by atoms with Crippen molar-refractivity contribution in [1.29, 1.82) is 0 Å². The molecule has 0 fully saturated rings. The molecule has 0 unspecified atom stereocenters. The Morgan fingerprint density at radius 3 is 2.82 bits per heavy atom. The molecule has 90 valence electrons. The van der Waals surface area contributed by atoms with E-state index in [1.807, 2.05) is 12.1 Å². The van der Waals surface area contributed by atoms with Crippen molar-refractivity contribution in [3.05, 3.63) is 29.4 Å². The van der Waals surface area contributed by atoms with E-state index in [1.54, 1.807) is 12.3 Å². The van der Waals surface area contributed by atoms with Gasteiger partial charge < -0.3 is 0 Å². The van der Waals surface area contributed by atoms with Crippen molar-refractivity contribution >= 4 is 21.5 Å². The largest absolute Gasteiger partial charge is 0.264 e. The Hall–Kier alpha value is -1.38. The molecule has 0 atom stereocenters. The van der Waals surface area contributed by atoms with Gasteiger partial charge in [0.15, 0.2) is 5.01 Å². The molecule has 0 bridgehead atoms. The van der Waals surface area contributed by atoms with Crippen LogP contribution in [0.2, 0.25) is 0 Å². The summed E-state index contributed by atoms with van der Waals surface area (Å²) in [5.74, 6) is 0. The van der Waals surface area contributed by atoms with E-state index >= 15 is 0 Å². The molecular formula is C9H9N3O3S2. The van der Waals surface area contributed by atoms with Crippen LogP contribution in [0.15, 0.2) is 24.4 Å². The van der Waals surface area contributed by atoms with Crippen LogP contribution in [0.5, 0.6) is 0 Å². The third-order valence-electron chi connectivity index (χ3n) is 1.75. The lowest BCUT2D eigenvalue weighted by Gasteiger charge is -1.95. The molecule has 8 heteroatoms. The zero-order chi connectivity index (χ0) is 12.3. The van der Waals surface area contributed by atoms with Crippen molar-refractivity contribution in [3.63, 3.8) is 0 Å². The summed E-state index contributed by atoms with van der Waals surface area (Å²) in [5, 5.41) is 8.89. The average molecular weight is 271 g/mol. The molecule has 0 saturated carbocycles. The van der Waals surface area contributed by atoms with Crippen LogP contribution < -0.4 is 0 Å². The van der Waals surface area contributed by atoms with E-state index in [0.717, 1.165) is 6.26 Å². The van der Waals surface area contributed by atoms with Gasteiger partial charge in [-0.05, 0) is 12.1 Å². The lowest BCUT2D eigenvalue weighted by molar-refractivity contribution is 0.310. The van der Waals surface area contributed by atoms with Crippen molar-refractivity contribution < 1.29 is 12.6 Å². The molecule has 2 rings (SSSR count). The maximum atomic E-state index is 10.8. The zero-order valence-corrected chi connectivity index (χ0v) is 10.5. The van der Waals surface area contributed by atoms with Gasteiger partial charge in [-0.2, -0.15) is 8.42 Å². The third-order valence-corrected chi connectivity index (χ3v) is 3.21. The van der Waals surface area contributed by atoms with Gasteiger partial charge in [-0.3, -0.25) is 9.17 Å². The minimum Gasteiger partial charge on any atom is -0.263 e. The van der Waals surface area contributed by atoms with Crippen molar-refractivity contribution in [2.45, 2.75) is 6.61 Å². The Kier molecular flexibility index (Phi) is 3.46. The van der Waals surface area contributed by atoms with Crippen molar-refractivity contribution in [2.24, 2.45) is 0 Å². The molecule has 0 spiro atoms. The number of nitrogens with zero attached hydrogens (tertiary/aromatic N) is 3. The predicted octanol–water partition coefficient (Wildman–Crippen LogP) is 1.08. The van der Waals surface area contributed by atoms with Gasteiger partial charge in [0.05, 0.1) is 6.26 Å². The first-order valence-electron chi connectivity index (χ1n) is 4.63. The Labute approximate surface area is 102 Å². The summed E-state index contributed by atoms with van der Waals surface area (Å²) in [6, 6.07) is 5.45. The fourth-order valence-corrected chi connectivity index (χ4v) is 2.19. The molecule has 0 N–H and O–H groups in total. The van der Waals surface area contributed by atoms with Gasteiger partial charge in [0, 0.05) is 6.20 Å². The lowest BCUT2D eigenvalue weighted by atomic mass is 10.4. The summed E-state index contributed by atoms with van der Waals surface area (Å²) < 4.78 is 26.2. The highest BCUT2D eigenvalue weighted by Crippen LogP contribution is 2.21. The molecule has 17 heavy (non-hydrogen) atoms. The molecule has 0 aliphatic heterocycles. The van der Waals surface area contributed by atoms with Crippen LogP contribution in [-0.2, 0) is 20.9 Å². The van der Waals surface area contributed by atoms with E-state index in [2.05, 4.69) is 19.4 Å². The van der Waals surface area contributed by atoms with Gasteiger partial charge in [-0.15, -0.1) is 10.2 Å². The fraction of sp³-hybridized carbons (Fsp3) is 0.222. The highest BCUT2D eigenvalue weighted by Gasteiger charge is 2.09. The number of hydrogen-bond donors (Lipinski definition) is 0. The predicted molar refractivity (Wildman–Crippen MR) is 62.8 cm³/mol. The molecule has 2 heterocycles. The number of aromatic nitrogens is 3. The smallest absolute Gasteiger partial charge is 0.263 e. The van der Waals surface area contributed by atoms with E-state index in [-0.39, 0.29) is 6.61 Å². The minimum atomic E-state index is -3.45. The fourth-order valence-electron chi connectivity index (χ4n) is 1.06. The maximum Gasteiger partial charge on any atom is 0.264 e. The Bertz CT molecular complexity index is 595. The second kappa shape index (κ2) is 4.86. The van der Waals surface area contributed by atoms with Gasteiger partial charge in [0.2, 0.25) is 0 Å². The van der Waals surface area contributed by atoms with Gasteiger partial charge in [-0.25, -0.2) is 0 Å². The second-order valence-electron chi connectivity index (χ2n) is 3.18. The molecule has 0 aliphatic rings. The van der Waals surface area contributed by atoms with E-state index in [1.165, 1.54) is 11.3 Å². The average Bonchev–Trinajstić information content (AvgIpc) is 2.75. The summed E-state index contributed by atoms with van der Waals surface area (Å²) in [6.45, 7) is -0.0939. The number of pyridine rings is 1. The number of rotatable bonds is 4. The van der Waals surface area contributed by atoms with Crippen LogP contribution in [0, 0.1) is 0 Å². The minimum absolute atomic E-state index is 0.0939. The number of hydrogen-bond acceptors (Lipinski definition) is 7. The zero-order valence-electron chi connectivity index (χ0n) is 8.90. The quantitative estimate of drug-likeness (QED) is 0.774. The van der Waals surface area contributed by atoms with Crippen LogP contribution in [0.25, 0.3) is 10.7 Å². The summed E-state index contributed by atoms with van der Waals surface area (Å²) in [5.41, 5.74) is 0.704. The van der Waals surface area contributed by atoms with Gasteiger partial charge >= 0.3 is 0 Å². The SMILES string of the molecule is CS(=O)(=O)OCc1nnc(-c2ccccn2)s1. The summed E-state index contributed by atoms with van der Waals surface area (Å²) in [6.07, 6.45) is 2.65. The summed E-state index contributed by atoms with van der Waals surface area (Å²) in [4.78, 5) is 4.12. The first-order valence-corrected chi connectivity index (χ1v) is 7.26. The van der Waals surface area contributed by atoms with Gasteiger partial charge in [-0.1, -0.05) is 17.4 Å². The lowest BCUT2D eigenvalue weighted by Crippen LogP contribution is -2.02. The topological polar surface area (TPSA) is 82.0 Å². The van der Waals surface area contributed by atoms with Crippen LogP contribution >= 0.6 is 11.3 Å². The highest BCUT2D eigenvalue weighted by molar-refractivity contribution is 7.85. The van der Waals surface area contributed by atoms with Gasteiger partial charge in [0.1, 0.15) is 17.3 Å². The van der Waals surface area contributed by atoms with Crippen molar-refractivity contribution in [1.82, 2.24) is 15.2 Å². The monoisotopic (exact) mass is 271 g/mol. The van der Waals surface area contributed by atoms with E-state index in [4.69, 9.17) is 0 Å². The van der Waals surface area contributed by atoms with Crippen LogP contribution in [0.1, 0.15) is 5.01 Å². The van der Waals surface area contributed by atoms with Crippen molar-refractivity contribution in [3.8, 4) is 10.7 Å². The molecular weight excluding hydrogens is 262 g/mol. The van der Waals surface area contributed by atoms with E-state index in [0.29, 0.717) is 15.7 Å². The Morgan fingerprint density at radius 1 is 1.35 bits per heavy atom. The highest BCUT2D eigenvalue weighted by atomic mass is 32.2. The van der Waals surface area contributed by atoms with Gasteiger partial charge in [0.25, 0.3) is 10.1 Å². The van der Waals surface area contributed by atoms with Crippen LogP contribution in [0.4, 0.5) is 0 Å². The molecule has 6 nitrogen and oxygen atoms in total. The Balaban J connectivity index is 2.12. The van der Waals surface area contributed by atoms with Crippen LogP contribution in [0.3, 0.4) is 0 Å². The van der Waals surface area contributed by atoms with E-state index < -0.39 is 10.1 Å². The maximum absolute atomic E-state index is 10.8. The molecule has 0 radical (unpaired) electrons. The van der Waals surface area contributed by atoms with Crippen molar-refractivity contribution in [2.75, 3.05) is 6.26 Å². The normalized spacial score (nSPS) is 11.6. The standard InChI is InChI=1S/C9H9N3O3S2/c1-17(13,14)15-6-8-11-12-9(16-8)7-4-2-3-5-10-7/h2-5H,6H2,1H3. The summed E-state index contributed by atoms with van der Waals surface area (Å²) in [7, 11) is -3.45. The molecule has 0 aromatic carbocycles. The Morgan fingerprint density at radius 2 is 2.18 bits per heavy atom. The molecule has 0 saturated heterocycles. The first kappa shape index (κ1) is 12.1.